The molecule has 1 heterocycles. The maximum atomic E-state index is 11.0. The lowest BCUT2D eigenvalue weighted by molar-refractivity contribution is -0.384. The van der Waals surface area contributed by atoms with Gasteiger partial charge < -0.3 is 5.32 Å². The number of hydrogen-bond donors (Lipinski definition) is 1. The number of nitrogens with one attached hydrogen (secondary N) is 1. The smallest absolute Gasteiger partial charge is 0.329 e. The van der Waals surface area contributed by atoms with Crippen LogP contribution in [0.4, 0.5) is 11.5 Å². The van der Waals surface area contributed by atoms with Crippen LogP contribution in [0, 0.1) is 16.0 Å². The van der Waals surface area contributed by atoms with Gasteiger partial charge in [0.05, 0.1) is 4.92 Å². The average Bonchev–Trinajstić information content (AvgIpc) is 2.41. The fourth-order valence-electron chi connectivity index (χ4n) is 2.79. The van der Waals surface area contributed by atoms with E-state index in [-0.39, 0.29) is 22.8 Å². The molecule has 1 fully saturated rings. The van der Waals surface area contributed by atoms with Crippen LogP contribution in [0.2, 0.25) is 5.28 Å². The summed E-state index contributed by atoms with van der Waals surface area (Å²) in [5, 5.41) is 14.1. The Hall–Kier alpha value is -1.43. The van der Waals surface area contributed by atoms with E-state index >= 15 is 0 Å². The molecule has 1 aromatic heterocycles. The van der Waals surface area contributed by atoms with E-state index in [2.05, 4.69) is 22.2 Å². The Bertz CT molecular complexity index is 475. The Morgan fingerprint density at radius 1 is 1.45 bits per heavy atom. The number of nitrogens with zero attached hydrogens (tertiary/aromatic N) is 3. The van der Waals surface area contributed by atoms with Crippen LogP contribution in [0.25, 0.3) is 0 Å². The van der Waals surface area contributed by atoms with Gasteiger partial charge in [-0.1, -0.05) is 19.8 Å². The van der Waals surface area contributed by atoms with E-state index in [1.807, 2.05) is 0 Å². The van der Waals surface area contributed by atoms with Crippen LogP contribution in [0.5, 0.6) is 0 Å². The molecule has 110 valence electrons. The van der Waals surface area contributed by atoms with E-state index in [9.17, 15) is 10.1 Å². The van der Waals surface area contributed by atoms with Crippen molar-refractivity contribution in [2.24, 2.45) is 5.92 Å². The third-order valence-corrected chi connectivity index (χ3v) is 4.00. The van der Waals surface area contributed by atoms with Crippen LogP contribution in [0.1, 0.15) is 45.4 Å². The molecule has 0 spiro atoms. The standard InChI is InChI=1S/C13H19ClN4O2/c1-2-3-9-4-6-10(7-5-9)16-12-11(18(19)20)8-15-13(14)17-12/h8-10H,2-7H2,1H3,(H,15,16,17). The summed E-state index contributed by atoms with van der Waals surface area (Å²) in [6, 6.07) is 0.229. The van der Waals surface area contributed by atoms with Crippen molar-refractivity contribution >= 4 is 23.1 Å². The highest BCUT2D eigenvalue weighted by atomic mass is 35.5. The Balaban J connectivity index is 2.00. The molecule has 7 heteroatoms. The lowest BCUT2D eigenvalue weighted by Crippen LogP contribution is -2.27. The Kier molecular flexibility index (Phi) is 5.11. The van der Waals surface area contributed by atoms with Gasteiger partial charge in [0, 0.05) is 6.04 Å². The van der Waals surface area contributed by atoms with E-state index in [4.69, 9.17) is 11.6 Å². The van der Waals surface area contributed by atoms with Gasteiger partial charge in [-0.05, 0) is 43.2 Å². The summed E-state index contributed by atoms with van der Waals surface area (Å²) in [4.78, 5) is 18.1. The molecule has 1 saturated carbocycles. The fraction of sp³-hybridized carbons (Fsp3) is 0.692. The van der Waals surface area contributed by atoms with Gasteiger partial charge in [-0.2, -0.15) is 4.98 Å². The number of nitro groups is 1. The molecule has 1 aliphatic rings. The first kappa shape index (κ1) is 15.0. The average molecular weight is 299 g/mol. The summed E-state index contributed by atoms with van der Waals surface area (Å²) >= 11 is 5.72. The Labute approximate surface area is 123 Å². The van der Waals surface area contributed by atoms with Crippen LogP contribution in [-0.4, -0.2) is 20.9 Å². The lowest BCUT2D eigenvalue weighted by atomic mass is 9.83. The van der Waals surface area contributed by atoms with Crippen molar-refractivity contribution < 1.29 is 4.92 Å². The second-order valence-corrected chi connectivity index (χ2v) is 5.62. The van der Waals surface area contributed by atoms with Crippen LogP contribution in [0.3, 0.4) is 0 Å². The molecule has 0 amide bonds. The topological polar surface area (TPSA) is 81.0 Å². The van der Waals surface area contributed by atoms with Gasteiger partial charge in [0.25, 0.3) is 0 Å². The first-order valence-corrected chi connectivity index (χ1v) is 7.41. The van der Waals surface area contributed by atoms with Crippen molar-refractivity contribution in [2.75, 3.05) is 5.32 Å². The van der Waals surface area contributed by atoms with E-state index in [1.165, 1.54) is 12.8 Å². The molecular formula is C13H19ClN4O2. The second kappa shape index (κ2) is 6.83. The highest BCUT2D eigenvalue weighted by Gasteiger charge is 2.24. The van der Waals surface area contributed by atoms with Crippen molar-refractivity contribution in [1.29, 1.82) is 0 Å². The minimum Gasteiger partial charge on any atom is -0.361 e. The van der Waals surface area contributed by atoms with Gasteiger partial charge in [0.2, 0.25) is 11.1 Å². The van der Waals surface area contributed by atoms with Gasteiger partial charge in [-0.25, -0.2) is 4.98 Å². The van der Waals surface area contributed by atoms with Crippen LogP contribution in [-0.2, 0) is 0 Å². The lowest BCUT2D eigenvalue weighted by Gasteiger charge is -2.29. The quantitative estimate of drug-likeness (QED) is 0.508. The molecule has 2 rings (SSSR count). The maximum absolute atomic E-state index is 11.0. The summed E-state index contributed by atoms with van der Waals surface area (Å²) in [5.74, 6) is 1.02. The number of hydrogen-bond acceptors (Lipinski definition) is 5. The Morgan fingerprint density at radius 3 is 2.75 bits per heavy atom. The zero-order chi connectivity index (χ0) is 14.5. The van der Waals surface area contributed by atoms with Crippen molar-refractivity contribution in [3.05, 3.63) is 21.6 Å². The Morgan fingerprint density at radius 2 is 2.15 bits per heavy atom. The molecule has 0 bridgehead atoms. The molecule has 6 nitrogen and oxygen atoms in total. The van der Waals surface area contributed by atoms with Crippen molar-refractivity contribution in [3.63, 3.8) is 0 Å². The highest BCUT2D eigenvalue weighted by molar-refractivity contribution is 6.28. The summed E-state index contributed by atoms with van der Waals surface area (Å²) < 4.78 is 0. The summed E-state index contributed by atoms with van der Waals surface area (Å²) in [6.45, 7) is 2.20. The number of halogens is 1. The third-order valence-electron chi connectivity index (χ3n) is 3.82. The molecule has 0 aromatic carbocycles. The number of aromatic nitrogens is 2. The third kappa shape index (κ3) is 3.79. The van der Waals surface area contributed by atoms with E-state index in [0.29, 0.717) is 0 Å². The van der Waals surface area contributed by atoms with Gasteiger partial charge >= 0.3 is 5.69 Å². The van der Waals surface area contributed by atoms with Crippen LogP contribution < -0.4 is 5.32 Å². The minimum absolute atomic E-state index is 0.0257. The molecule has 0 radical (unpaired) electrons. The molecule has 1 aromatic rings. The zero-order valence-corrected chi connectivity index (χ0v) is 12.3. The van der Waals surface area contributed by atoms with Crippen LogP contribution in [0.15, 0.2) is 6.20 Å². The van der Waals surface area contributed by atoms with E-state index < -0.39 is 4.92 Å². The van der Waals surface area contributed by atoms with Crippen molar-refractivity contribution in [2.45, 2.75) is 51.5 Å². The summed E-state index contributed by atoms with van der Waals surface area (Å²) in [7, 11) is 0. The first-order valence-electron chi connectivity index (χ1n) is 7.03. The molecular weight excluding hydrogens is 280 g/mol. The van der Waals surface area contributed by atoms with Gasteiger partial charge in [-0.3, -0.25) is 10.1 Å². The molecule has 0 unspecified atom stereocenters. The molecule has 20 heavy (non-hydrogen) atoms. The fourth-order valence-corrected chi connectivity index (χ4v) is 2.92. The second-order valence-electron chi connectivity index (χ2n) is 5.28. The minimum atomic E-state index is -0.485. The SMILES string of the molecule is CCCC1CCC(Nc2nc(Cl)ncc2[N+](=O)[O-])CC1. The zero-order valence-electron chi connectivity index (χ0n) is 11.5. The van der Waals surface area contributed by atoms with Crippen molar-refractivity contribution in [3.8, 4) is 0 Å². The molecule has 1 aliphatic carbocycles. The van der Waals surface area contributed by atoms with E-state index in [0.717, 1.165) is 37.8 Å². The number of rotatable bonds is 5. The van der Waals surface area contributed by atoms with Crippen molar-refractivity contribution in [1.82, 2.24) is 9.97 Å². The largest absolute Gasteiger partial charge is 0.361 e. The number of anilines is 1. The molecule has 0 aliphatic heterocycles. The predicted octanol–water partition coefficient (Wildman–Crippen LogP) is 3.81. The maximum Gasteiger partial charge on any atom is 0.329 e. The first-order chi connectivity index (χ1) is 9.60. The molecule has 0 atom stereocenters. The predicted molar refractivity (Wildman–Crippen MR) is 78.0 cm³/mol. The summed E-state index contributed by atoms with van der Waals surface area (Å²) in [6.07, 6.45) is 8.01. The normalized spacial score (nSPS) is 22.5. The molecule has 0 saturated heterocycles. The van der Waals surface area contributed by atoms with Gasteiger partial charge in [0.15, 0.2) is 0 Å². The van der Waals surface area contributed by atoms with Gasteiger partial charge in [-0.15, -0.1) is 0 Å². The van der Waals surface area contributed by atoms with Gasteiger partial charge in [0.1, 0.15) is 6.20 Å². The summed E-state index contributed by atoms with van der Waals surface area (Å²) in [5.41, 5.74) is -0.120. The molecule has 1 N–H and O–H groups in total. The van der Waals surface area contributed by atoms with Crippen LogP contribution >= 0.6 is 11.6 Å². The highest BCUT2D eigenvalue weighted by Crippen LogP contribution is 2.31. The van der Waals surface area contributed by atoms with E-state index in [1.54, 1.807) is 0 Å². The monoisotopic (exact) mass is 298 g/mol.